The van der Waals surface area contributed by atoms with Crippen LogP contribution in [0.4, 0.5) is 21.6 Å². The van der Waals surface area contributed by atoms with Crippen molar-refractivity contribution in [3.63, 3.8) is 0 Å². The van der Waals surface area contributed by atoms with Crippen LogP contribution in [-0.4, -0.2) is 74.7 Å². The van der Waals surface area contributed by atoms with E-state index in [0.717, 1.165) is 85.3 Å². The largest absolute Gasteiger partial charge is 0.495 e. The first-order chi connectivity index (χ1) is 33.2. The Hall–Kier alpha value is -6.19. The number of hydrogen-bond acceptors (Lipinski definition) is 16. The third kappa shape index (κ3) is 12.0. The van der Waals surface area contributed by atoms with Crippen molar-refractivity contribution in [1.29, 1.82) is 0 Å². The highest BCUT2D eigenvalue weighted by molar-refractivity contribution is 7.93. The topological polar surface area (TPSA) is 209 Å². The SMILES string of the molecule is COc1ccc(-c2sc(NC(C)(C)C3CCOCC3)nc2C)cc1S(=O)(=O)Nc1ccncc1C.COc1ccc(-c2sc(NC(C)(C)c3cccnc3)nc2C)cc1S(=O)(=O)Nc1ccncc1C. The summed E-state index contributed by atoms with van der Waals surface area (Å²) in [5.41, 5.74) is 6.03. The molecule has 0 amide bonds. The van der Waals surface area contributed by atoms with Crippen LogP contribution >= 0.6 is 22.7 Å². The first-order valence-electron chi connectivity index (χ1n) is 22.4. The van der Waals surface area contributed by atoms with Gasteiger partial charge in [0.2, 0.25) is 0 Å². The van der Waals surface area contributed by atoms with E-state index in [2.05, 4.69) is 62.7 Å². The average Bonchev–Trinajstić information content (AvgIpc) is 3.89. The fourth-order valence-corrected chi connectivity index (χ4v) is 12.8. The molecule has 16 nitrogen and oxygen atoms in total. The molecule has 1 aliphatic heterocycles. The number of pyridine rings is 3. The second-order valence-electron chi connectivity index (χ2n) is 17.9. The lowest BCUT2D eigenvalue weighted by Crippen LogP contribution is -2.42. The van der Waals surface area contributed by atoms with Crippen LogP contribution in [0.2, 0.25) is 0 Å². The first kappa shape index (κ1) is 51.7. The van der Waals surface area contributed by atoms with Gasteiger partial charge >= 0.3 is 0 Å². The molecule has 0 aliphatic carbocycles. The normalized spacial score (nSPS) is 13.5. The van der Waals surface area contributed by atoms with E-state index in [-0.39, 0.29) is 26.8 Å². The molecule has 0 radical (unpaired) electrons. The highest BCUT2D eigenvalue weighted by Gasteiger charge is 2.32. The number of thiazole rings is 2. The standard InChI is InChI=1S/C25H27N5O3S2.C25H32N4O4S2/c1-16-14-27-12-10-20(16)30-35(31,32)22-13-18(8-9-21(22)33-5)23-17(2)28-24(34-23)29-25(3,4)19-7-6-11-26-15-19;1-16-15-26-11-8-20(16)29-35(30,31)22-14-18(6-7-21(22)32-5)23-17(2)27-24(34-23)28-25(3,4)19-9-12-33-13-10-19/h6-15H,1-5H3,(H,27,30)(H,28,29);6-8,11,14-15,19H,9-10,12-13H2,1-5H3,(H,26,29)(H,27,28). The zero-order valence-electron chi connectivity index (χ0n) is 40.9. The van der Waals surface area contributed by atoms with Gasteiger partial charge in [-0.25, -0.2) is 26.8 Å². The maximum atomic E-state index is 13.3. The van der Waals surface area contributed by atoms with Gasteiger partial charge in [-0.3, -0.25) is 24.4 Å². The van der Waals surface area contributed by atoms with Gasteiger partial charge in [0.15, 0.2) is 10.3 Å². The fraction of sp³-hybridized carbons (Fsp3) is 0.340. The van der Waals surface area contributed by atoms with Crippen molar-refractivity contribution in [2.45, 2.75) is 89.1 Å². The summed E-state index contributed by atoms with van der Waals surface area (Å²) in [6.07, 6.45) is 11.9. The van der Waals surface area contributed by atoms with Gasteiger partial charge in [-0.2, -0.15) is 0 Å². The van der Waals surface area contributed by atoms with Crippen LogP contribution in [0.25, 0.3) is 20.9 Å². The highest BCUT2D eigenvalue weighted by Crippen LogP contribution is 2.41. The Morgan fingerprint density at radius 2 is 1.10 bits per heavy atom. The van der Waals surface area contributed by atoms with Gasteiger partial charge in [0.1, 0.15) is 21.3 Å². The number of hydrogen-bond donors (Lipinski definition) is 4. The van der Waals surface area contributed by atoms with E-state index >= 15 is 0 Å². The summed E-state index contributed by atoms with van der Waals surface area (Å²) >= 11 is 2.99. The number of methoxy groups -OCH3 is 2. The van der Waals surface area contributed by atoms with Crippen molar-refractivity contribution < 1.29 is 31.0 Å². The van der Waals surface area contributed by atoms with E-state index in [1.807, 2.05) is 44.3 Å². The van der Waals surface area contributed by atoms with Crippen LogP contribution in [0.3, 0.4) is 0 Å². The molecule has 8 rings (SSSR count). The number of anilines is 4. The molecule has 6 heterocycles. The zero-order chi connectivity index (χ0) is 50.4. The van der Waals surface area contributed by atoms with Crippen molar-refractivity contribution in [3.8, 4) is 32.4 Å². The molecule has 0 saturated carbocycles. The van der Waals surface area contributed by atoms with Crippen molar-refractivity contribution >= 4 is 64.4 Å². The molecule has 4 N–H and O–H groups in total. The van der Waals surface area contributed by atoms with Crippen molar-refractivity contribution in [3.05, 3.63) is 126 Å². The summed E-state index contributed by atoms with van der Waals surface area (Å²) in [4.78, 5) is 23.6. The molecule has 70 heavy (non-hydrogen) atoms. The zero-order valence-corrected chi connectivity index (χ0v) is 44.1. The maximum absolute atomic E-state index is 13.3. The summed E-state index contributed by atoms with van der Waals surface area (Å²) < 4.78 is 74.9. The summed E-state index contributed by atoms with van der Waals surface area (Å²) in [7, 11) is -4.91. The Kier molecular flexibility index (Phi) is 15.8. The van der Waals surface area contributed by atoms with Crippen LogP contribution in [0.1, 0.15) is 68.6 Å². The Morgan fingerprint density at radius 1 is 0.629 bits per heavy atom. The molecule has 2 aromatic carbocycles. The Morgan fingerprint density at radius 3 is 1.54 bits per heavy atom. The van der Waals surface area contributed by atoms with E-state index < -0.39 is 25.6 Å². The highest BCUT2D eigenvalue weighted by atomic mass is 32.2. The number of ether oxygens (including phenoxy) is 3. The molecule has 1 saturated heterocycles. The van der Waals surface area contributed by atoms with Crippen molar-refractivity contribution in [2.24, 2.45) is 5.92 Å². The molecule has 0 atom stereocenters. The molecule has 1 aliphatic rings. The Bertz CT molecular complexity index is 3170. The molecular formula is C50H59N9O7S4. The summed E-state index contributed by atoms with van der Waals surface area (Å²) in [5.74, 6) is 1.02. The van der Waals surface area contributed by atoms with Crippen LogP contribution in [0.5, 0.6) is 11.5 Å². The predicted octanol–water partition coefficient (Wildman–Crippen LogP) is 10.6. The quantitative estimate of drug-likeness (QED) is 0.0710. The van der Waals surface area contributed by atoms with E-state index in [0.29, 0.717) is 17.3 Å². The van der Waals surface area contributed by atoms with Crippen LogP contribution in [-0.2, 0) is 30.3 Å². The van der Waals surface area contributed by atoms with Crippen LogP contribution < -0.4 is 29.6 Å². The molecule has 20 heteroatoms. The second-order valence-corrected chi connectivity index (χ2v) is 23.2. The average molecular weight is 1030 g/mol. The predicted molar refractivity (Wildman–Crippen MR) is 279 cm³/mol. The number of rotatable bonds is 16. The minimum atomic E-state index is -3.92. The number of benzene rings is 2. The number of nitrogens with zero attached hydrogens (tertiary/aromatic N) is 5. The molecule has 0 unspecified atom stereocenters. The molecule has 370 valence electrons. The van der Waals surface area contributed by atoms with Crippen LogP contribution in [0, 0.1) is 33.6 Å². The lowest BCUT2D eigenvalue weighted by atomic mass is 9.82. The van der Waals surface area contributed by atoms with Crippen molar-refractivity contribution in [2.75, 3.05) is 47.5 Å². The van der Waals surface area contributed by atoms with Gasteiger partial charge in [-0.15, -0.1) is 0 Å². The number of nitrogens with one attached hydrogen (secondary N) is 4. The van der Waals surface area contributed by atoms with Gasteiger partial charge in [-0.1, -0.05) is 28.7 Å². The van der Waals surface area contributed by atoms with Crippen molar-refractivity contribution in [1.82, 2.24) is 24.9 Å². The monoisotopic (exact) mass is 1030 g/mol. The van der Waals surface area contributed by atoms with E-state index in [9.17, 15) is 16.8 Å². The molecule has 1 fully saturated rings. The molecule has 0 spiro atoms. The maximum Gasteiger partial charge on any atom is 0.265 e. The first-order valence-corrected chi connectivity index (χ1v) is 27.0. The summed E-state index contributed by atoms with van der Waals surface area (Å²) in [5, 5.41) is 8.65. The van der Waals surface area contributed by atoms with E-state index in [1.165, 1.54) is 36.9 Å². The van der Waals surface area contributed by atoms with Crippen LogP contribution in [0.15, 0.2) is 108 Å². The molecule has 7 aromatic rings. The van der Waals surface area contributed by atoms with Gasteiger partial charge in [0, 0.05) is 55.9 Å². The molecular weight excluding hydrogens is 967 g/mol. The van der Waals surface area contributed by atoms with Gasteiger partial charge in [0.25, 0.3) is 20.0 Å². The van der Waals surface area contributed by atoms with E-state index in [1.54, 1.807) is 81.2 Å². The molecule has 0 bridgehead atoms. The van der Waals surface area contributed by atoms with Gasteiger partial charge in [0.05, 0.1) is 52.3 Å². The van der Waals surface area contributed by atoms with Gasteiger partial charge in [-0.05, 0) is 157 Å². The smallest absolute Gasteiger partial charge is 0.265 e. The fourth-order valence-electron chi connectivity index (χ4n) is 7.94. The third-order valence-electron chi connectivity index (χ3n) is 12.0. The Balaban J connectivity index is 0.000000206. The minimum absolute atomic E-state index is 0.0479. The third-order valence-corrected chi connectivity index (χ3v) is 17.0. The second kappa shape index (κ2) is 21.4. The van der Waals surface area contributed by atoms with E-state index in [4.69, 9.17) is 24.2 Å². The minimum Gasteiger partial charge on any atom is -0.495 e. The summed E-state index contributed by atoms with van der Waals surface area (Å²) in [6.45, 7) is 17.5. The number of sulfonamides is 2. The summed E-state index contributed by atoms with van der Waals surface area (Å²) in [6, 6.07) is 17.5. The number of aromatic nitrogens is 5. The molecule has 5 aromatic heterocycles. The lowest BCUT2D eigenvalue weighted by molar-refractivity contribution is 0.0491. The lowest BCUT2D eigenvalue weighted by Gasteiger charge is -2.37. The Labute approximate surface area is 418 Å². The van der Waals surface area contributed by atoms with Gasteiger partial charge < -0.3 is 24.8 Å². The number of aryl methyl sites for hydroxylation is 4.